The highest BCUT2D eigenvalue weighted by Gasteiger charge is 2.32. The number of aryl methyl sites for hydroxylation is 1. The lowest BCUT2D eigenvalue weighted by molar-refractivity contribution is -0.384. The average molecular weight is 641 g/mol. The van der Waals surface area contributed by atoms with Gasteiger partial charge in [-0.2, -0.15) is 0 Å². The highest BCUT2D eigenvalue weighted by Crippen LogP contribution is 2.41. The summed E-state index contributed by atoms with van der Waals surface area (Å²) in [6.07, 6.45) is 3.37. The molecule has 0 radical (unpaired) electrons. The number of rotatable bonds is 5. The molecule has 0 bridgehead atoms. The van der Waals surface area contributed by atoms with Crippen molar-refractivity contribution in [2.24, 2.45) is 4.99 Å². The van der Waals surface area contributed by atoms with Crippen molar-refractivity contribution in [1.82, 2.24) is 4.57 Å². The Hall–Kier alpha value is -4.54. The molecule has 2 aliphatic rings. The van der Waals surface area contributed by atoms with Crippen LogP contribution in [0, 0.1) is 10.1 Å². The molecule has 10 heteroatoms. The maximum absolute atomic E-state index is 14.0. The van der Waals surface area contributed by atoms with Crippen molar-refractivity contribution in [2.75, 3.05) is 7.11 Å². The Morgan fingerprint density at radius 1 is 1.07 bits per heavy atom. The van der Waals surface area contributed by atoms with Crippen molar-refractivity contribution in [3.8, 4) is 17.1 Å². The van der Waals surface area contributed by atoms with Crippen molar-refractivity contribution in [1.29, 1.82) is 0 Å². The van der Waals surface area contributed by atoms with Crippen LogP contribution in [0.5, 0.6) is 5.75 Å². The zero-order valence-electron chi connectivity index (χ0n) is 22.2. The molecule has 1 aliphatic heterocycles. The number of fused-ring (bicyclic) bond motifs is 3. The molecule has 0 N–H and O–H groups in total. The average Bonchev–Trinajstić information content (AvgIpc) is 3.60. The number of benzene rings is 3. The van der Waals surface area contributed by atoms with Gasteiger partial charge in [0.05, 0.1) is 39.9 Å². The van der Waals surface area contributed by atoms with Crippen LogP contribution in [0.1, 0.15) is 34.9 Å². The summed E-state index contributed by atoms with van der Waals surface area (Å²) in [5.74, 6) is 1.11. The number of hydrogen-bond donors (Lipinski definition) is 0. The molecule has 0 amide bonds. The molecule has 208 valence electrons. The van der Waals surface area contributed by atoms with Gasteiger partial charge in [0, 0.05) is 16.1 Å². The largest absolute Gasteiger partial charge is 0.497 e. The first-order chi connectivity index (χ1) is 20.4. The summed E-state index contributed by atoms with van der Waals surface area (Å²) in [6, 6.07) is 24.1. The lowest BCUT2D eigenvalue weighted by Crippen LogP contribution is -2.38. The monoisotopic (exact) mass is 639 g/mol. The Bertz CT molecular complexity index is 2110. The minimum atomic E-state index is -0.472. The van der Waals surface area contributed by atoms with Crippen LogP contribution in [0.4, 0.5) is 5.69 Å². The third kappa shape index (κ3) is 4.43. The molecule has 1 aliphatic carbocycles. The number of ether oxygens (including phenoxy) is 1. The molecule has 3 heterocycles. The number of nitrogens with zero attached hydrogens (tertiary/aromatic N) is 3. The number of halogens is 1. The highest BCUT2D eigenvalue weighted by atomic mass is 79.9. The second kappa shape index (κ2) is 10.4. The molecule has 0 saturated carbocycles. The third-order valence-corrected chi connectivity index (χ3v) is 9.14. The van der Waals surface area contributed by atoms with Crippen molar-refractivity contribution in [2.45, 2.75) is 18.9 Å². The van der Waals surface area contributed by atoms with E-state index >= 15 is 0 Å². The van der Waals surface area contributed by atoms with Gasteiger partial charge >= 0.3 is 0 Å². The summed E-state index contributed by atoms with van der Waals surface area (Å²) in [4.78, 5) is 30.9. The van der Waals surface area contributed by atoms with Gasteiger partial charge in [0.2, 0.25) is 0 Å². The molecule has 8 nitrogen and oxygen atoms in total. The van der Waals surface area contributed by atoms with Gasteiger partial charge in [-0.1, -0.05) is 63.7 Å². The number of furan rings is 1. The molecule has 42 heavy (non-hydrogen) atoms. The van der Waals surface area contributed by atoms with Gasteiger partial charge in [0.15, 0.2) is 4.80 Å². The number of thiazole rings is 1. The summed E-state index contributed by atoms with van der Waals surface area (Å²) in [6.45, 7) is 0. The topological polar surface area (TPSA) is 99.9 Å². The first-order valence-corrected chi connectivity index (χ1v) is 14.8. The standard InChI is InChI=1S/C32H22BrN3O5S/c1-40-21-11-14-24(26(16-21)36(38)39)27-15-12-22(41-27)17-28-31(37)35-30(19-6-9-20(33)10-7-19)25-13-8-18-4-2-3-5-23(18)29(25)34-32(35)42-28/h2-7,9-12,14-17,30H,8,13H2,1H3/b28-17-/t30-/m1/s1. The second-order valence-corrected chi connectivity index (χ2v) is 11.9. The van der Waals surface area contributed by atoms with E-state index in [4.69, 9.17) is 14.1 Å². The minimum absolute atomic E-state index is 0.130. The number of hydrogen-bond acceptors (Lipinski definition) is 7. The minimum Gasteiger partial charge on any atom is -0.497 e. The van der Waals surface area contributed by atoms with Crippen molar-refractivity contribution in [3.63, 3.8) is 0 Å². The van der Waals surface area contributed by atoms with Crippen LogP contribution in [-0.4, -0.2) is 16.6 Å². The third-order valence-electron chi connectivity index (χ3n) is 7.63. The summed E-state index contributed by atoms with van der Waals surface area (Å²) in [5.41, 5.74) is 5.47. The van der Waals surface area contributed by atoms with E-state index in [1.165, 1.54) is 30.1 Å². The SMILES string of the molecule is COc1ccc(-c2ccc(/C=c3\sc4n(c3=O)[C@H](c3ccc(Br)cc3)C3=C(N=4)c4ccccc4CC3)o2)c([N+](=O)[O-])c1. The van der Waals surface area contributed by atoms with Crippen LogP contribution in [0.25, 0.3) is 23.1 Å². The van der Waals surface area contributed by atoms with Gasteiger partial charge in [-0.15, -0.1) is 0 Å². The molecule has 2 aromatic heterocycles. The van der Waals surface area contributed by atoms with Crippen molar-refractivity contribution < 1.29 is 14.1 Å². The first kappa shape index (κ1) is 26.4. The fourth-order valence-corrected chi connectivity index (χ4v) is 6.92. The molecule has 0 spiro atoms. The maximum atomic E-state index is 14.0. The second-order valence-electron chi connectivity index (χ2n) is 10.0. The number of aromatic nitrogens is 1. The van der Waals surface area contributed by atoms with Crippen LogP contribution >= 0.6 is 27.3 Å². The summed E-state index contributed by atoms with van der Waals surface area (Å²) < 4.78 is 14.4. The maximum Gasteiger partial charge on any atom is 0.284 e. The molecular weight excluding hydrogens is 618 g/mol. The van der Waals surface area contributed by atoms with Gasteiger partial charge in [0.1, 0.15) is 17.3 Å². The number of methoxy groups -OCH3 is 1. The van der Waals surface area contributed by atoms with E-state index in [1.54, 1.807) is 34.9 Å². The smallest absolute Gasteiger partial charge is 0.284 e. The molecule has 1 atom stereocenters. The summed E-state index contributed by atoms with van der Waals surface area (Å²) >= 11 is 4.84. The van der Waals surface area contributed by atoms with Crippen molar-refractivity contribution in [3.05, 3.63) is 141 Å². The zero-order chi connectivity index (χ0) is 29.0. The van der Waals surface area contributed by atoms with Crippen LogP contribution in [0.3, 0.4) is 0 Å². The molecule has 7 rings (SSSR count). The van der Waals surface area contributed by atoms with E-state index in [1.807, 2.05) is 36.4 Å². The van der Waals surface area contributed by atoms with Crippen LogP contribution in [0.15, 0.2) is 103 Å². The number of nitro benzene ring substituents is 1. The molecule has 5 aromatic rings. The normalized spacial score (nSPS) is 16.0. The number of allylic oxidation sites excluding steroid dienone is 1. The van der Waals surface area contributed by atoms with Gasteiger partial charge in [-0.3, -0.25) is 19.5 Å². The van der Waals surface area contributed by atoms with E-state index in [0.717, 1.165) is 39.7 Å². The lowest BCUT2D eigenvalue weighted by atomic mass is 9.83. The predicted octanol–water partition coefficient (Wildman–Crippen LogP) is 6.26. The summed E-state index contributed by atoms with van der Waals surface area (Å²) in [5, 5.41) is 11.7. The Kier molecular flexibility index (Phi) is 6.52. The molecule has 0 fully saturated rings. The van der Waals surface area contributed by atoms with E-state index in [9.17, 15) is 14.9 Å². The summed E-state index contributed by atoms with van der Waals surface area (Å²) in [7, 11) is 1.45. The number of nitro groups is 1. The Morgan fingerprint density at radius 2 is 1.88 bits per heavy atom. The fourth-order valence-electron chi connectivity index (χ4n) is 5.67. The predicted molar refractivity (Wildman–Crippen MR) is 164 cm³/mol. The van der Waals surface area contributed by atoms with Crippen LogP contribution in [0.2, 0.25) is 0 Å². The van der Waals surface area contributed by atoms with Crippen LogP contribution in [-0.2, 0) is 6.42 Å². The van der Waals surface area contributed by atoms with Gasteiger partial charge in [-0.05, 0) is 65.9 Å². The highest BCUT2D eigenvalue weighted by molar-refractivity contribution is 9.10. The van der Waals surface area contributed by atoms with Gasteiger partial charge in [-0.25, -0.2) is 4.99 Å². The molecule has 0 saturated heterocycles. The van der Waals surface area contributed by atoms with E-state index in [2.05, 4.69) is 28.1 Å². The quantitative estimate of drug-likeness (QED) is 0.167. The van der Waals surface area contributed by atoms with Gasteiger partial charge < -0.3 is 9.15 Å². The molecule has 3 aromatic carbocycles. The Labute approximate surface area is 251 Å². The lowest BCUT2D eigenvalue weighted by Gasteiger charge is -2.30. The zero-order valence-corrected chi connectivity index (χ0v) is 24.6. The van der Waals surface area contributed by atoms with E-state index < -0.39 is 4.92 Å². The molecular formula is C32H22BrN3O5S. The molecule has 0 unspecified atom stereocenters. The van der Waals surface area contributed by atoms with E-state index in [0.29, 0.717) is 32.2 Å². The first-order valence-electron chi connectivity index (χ1n) is 13.2. The fraction of sp³-hybridized carbons (Fsp3) is 0.125. The van der Waals surface area contributed by atoms with E-state index in [-0.39, 0.29) is 17.3 Å². The van der Waals surface area contributed by atoms with Crippen molar-refractivity contribution >= 4 is 44.7 Å². The van der Waals surface area contributed by atoms with Gasteiger partial charge in [0.25, 0.3) is 11.2 Å². The Morgan fingerprint density at radius 3 is 2.67 bits per heavy atom. The Balaban J connectivity index is 1.37. The van der Waals surface area contributed by atoms with Crippen LogP contribution < -0.4 is 19.6 Å².